The number of benzene rings is 2. The Kier molecular flexibility index (Phi) is 8.58. The molecule has 2 aliphatic rings. The van der Waals surface area contributed by atoms with Gasteiger partial charge in [0.05, 0.1) is 38.6 Å². The molecule has 2 aliphatic heterocycles. The highest BCUT2D eigenvalue weighted by Gasteiger charge is 2.47. The summed E-state index contributed by atoms with van der Waals surface area (Å²) in [6.45, 7) is 15.1. The van der Waals surface area contributed by atoms with Gasteiger partial charge in [-0.1, -0.05) is 87.7 Å². The SMILES string of the molecule is C=Cc1ccc(C(OCOCOC(c2ccc(C=C)cc2)C2(CC)COC2)C2(CC)COC2)cc1. The molecule has 2 atom stereocenters. The van der Waals surface area contributed by atoms with Crippen molar-refractivity contribution >= 4 is 12.2 Å². The largest absolute Gasteiger partial charge is 0.380 e. The van der Waals surface area contributed by atoms with Crippen molar-refractivity contribution in [1.29, 1.82) is 0 Å². The van der Waals surface area contributed by atoms with Crippen molar-refractivity contribution in [2.75, 3.05) is 40.0 Å². The van der Waals surface area contributed by atoms with Gasteiger partial charge in [0.15, 0.2) is 0 Å². The standard InChI is InChI=1S/C30H38O5/c1-5-23-9-13-25(14-10-23)27(29(7-3)17-31-18-29)34-21-33-22-35-28(30(8-4)19-32-20-30)26-15-11-24(6-2)12-16-26/h5-6,9-16,27-28H,1-2,7-8,17-22H2,3-4H3. The first-order valence-corrected chi connectivity index (χ1v) is 12.5. The second-order valence-corrected chi connectivity index (χ2v) is 9.69. The van der Waals surface area contributed by atoms with E-state index < -0.39 is 0 Å². The fourth-order valence-corrected chi connectivity index (χ4v) is 4.94. The molecule has 0 saturated carbocycles. The van der Waals surface area contributed by atoms with Gasteiger partial charge < -0.3 is 23.7 Å². The van der Waals surface area contributed by atoms with Crippen molar-refractivity contribution in [1.82, 2.24) is 0 Å². The Balaban J connectivity index is 1.39. The maximum absolute atomic E-state index is 6.33. The Morgan fingerprint density at radius 3 is 1.34 bits per heavy atom. The Morgan fingerprint density at radius 2 is 1.09 bits per heavy atom. The molecule has 4 rings (SSSR count). The maximum Gasteiger partial charge on any atom is 0.150 e. The zero-order chi connectivity index (χ0) is 24.7. The van der Waals surface area contributed by atoms with Crippen LogP contribution >= 0.6 is 0 Å². The van der Waals surface area contributed by atoms with Crippen molar-refractivity contribution in [3.8, 4) is 0 Å². The molecule has 2 aromatic rings. The maximum atomic E-state index is 6.33. The van der Waals surface area contributed by atoms with Crippen LogP contribution in [0.5, 0.6) is 0 Å². The Morgan fingerprint density at radius 1 is 0.714 bits per heavy atom. The molecule has 35 heavy (non-hydrogen) atoms. The molecule has 2 unspecified atom stereocenters. The van der Waals surface area contributed by atoms with Crippen LogP contribution in [0.15, 0.2) is 61.7 Å². The van der Waals surface area contributed by atoms with Gasteiger partial charge in [-0.2, -0.15) is 0 Å². The summed E-state index contributed by atoms with van der Waals surface area (Å²) in [5, 5.41) is 0. The normalized spacial score (nSPS) is 19.7. The summed E-state index contributed by atoms with van der Waals surface area (Å²) in [6.07, 6.45) is 5.42. The topological polar surface area (TPSA) is 46.2 Å². The lowest BCUT2D eigenvalue weighted by molar-refractivity contribution is -0.252. The van der Waals surface area contributed by atoms with E-state index in [-0.39, 0.29) is 36.6 Å². The van der Waals surface area contributed by atoms with Crippen LogP contribution in [0.3, 0.4) is 0 Å². The van der Waals surface area contributed by atoms with Gasteiger partial charge in [-0.25, -0.2) is 0 Å². The summed E-state index contributed by atoms with van der Waals surface area (Å²) in [4.78, 5) is 0. The van der Waals surface area contributed by atoms with Crippen molar-refractivity contribution < 1.29 is 23.7 Å². The number of rotatable bonds is 14. The van der Waals surface area contributed by atoms with E-state index in [1.54, 1.807) is 0 Å². The van der Waals surface area contributed by atoms with Gasteiger partial charge in [-0.15, -0.1) is 0 Å². The summed E-state index contributed by atoms with van der Waals surface area (Å²) in [6, 6.07) is 16.7. The molecule has 0 bridgehead atoms. The summed E-state index contributed by atoms with van der Waals surface area (Å²) in [7, 11) is 0. The van der Waals surface area contributed by atoms with Gasteiger partial charge in [0, 0.05) is 10.8 Å². The lowest BCUT2D eigenvalue weighted by atomic mass is 9.75. The number of hydrogen-bond acceptors (Lipinski definition) is 5. The third kappa shape index (κ3) is 5.45. The molecule has 0 aromatic heterocycles. The molecular weight excluding hydrogens is 440 g/mol. The summed E-state index contributed by atoms with van der Waals surface area (Å²) in [5.41, 5.74) is 4.36. The molecule has 0 spiro atoms. The fraction of sp³-hybridized carbons (Fsp3) is 0.467. The van der Waals surface area contributed by atoms with Gasteiger partial charge in [-0.05, 0) is 35.1 Å². The van der Waals surface area contributed by atoms with E-state index in [1.807, 2.05) is 12.2 Å². The number of hydrogen-bond donors (Lipinski definition) is 0. The van der Waals surface area contributed by atoms with Gasteiger partial charge in [0.1, 0.15) is 13.6 Å². The van der Waals surface area contributed by atoms with Crippen LogP contribution in [0.4, 0.5) is 0 Å². The van der Waals surface area contributed by atoms with E-state index in [0.717, 1.165) is 35.1 Å². The molecule has 0 N–H and O–H groups in total. The molecule has 5 nitrogen and oxygen atoms in total. The van der Waals surface area contributed by atoms with Gasteiger partial charge in [-0.3, -0.25) is 0 Å². The van der Waals surface area contributed by atoms with Crippen molar-refractivity contribution in [3.05, 3.63) is 83.9 Å². The number of ether oxygens (including phenoxy) is 5. The van der Waals surface area contributed by atoms with E-state index >= 15 is 0 Å². The molecule has 2 saturated heterocycles. The van der Waals surface area contributed by atoms with Crippen LogP contribution in [-0.4, -0.2) is 40.0 Å². The first-order chi connectivity index (χ1) is 17.1. The predicted octanol–water partition coefficient (Wildman–Crippen LogP) is 6.57. The summed E-state index contributed by atoms with van der Waals surface area (Å²) < 4.78 is 29.7. The minimum Gasteiger partial charge on any atom is -0.380 e. The molecule has 2 aromatic carbocycles. The van der Waals surface area contributed by atoms with Crippen molar-refractivity contribution in [2.45, 2.75) is 38.9 Å². The third-order valence-corrected chi connectivity index (χ3v) is 7.66. The lowest BCUT2D eigenvalue weighted by Crippen LogP contribution is -2.48. The molecule has 0 amide bonds. The minimum atomic E-state index is -0.107. The van der Waals surface area contributed by atoms with Crippen molar-refractivity contribution in [3.63, 3.8) is 0 Å². The van der Waals surface area contributed by atoms with Crippen LogP contribution in [0.25, 0.3) is 12.2 Å². The molecule has 188 valence electrons. The monoisotopic (exact) mass is 478 g/mol. The smallest absolute Gasteiger partial charge is 0.150 e. The highest BCUT2D eigenvalue weighted by molar-refractivity contribution is 5.48. The van der Waals surface area contributed by atoms with E-state index in [2.05, 4.69) is 75.5 Å². The van der Waals surface area contributed by atoms with E-state index in [9.17, 15) is 0 Å². The Labute approximate surface area is 209 Å². The predicted molar refractivity (Wildman–Crippen MR) is 139 cm³/mol. The van der Waals surface area contributed by atoms with Crippen molar-refractivity contribution in [2.24, 2.45) is 10.8 Å². The lowest BCUT2D eigenvalue weighted by Gasteiger charge is -2.47. The zero-order valence-corrected chi connectivity index (χ0v) is 21.0. The second-order valence-electron chi connectivity index (χ2n) is 9.69. The van der Waals surface area contributed by atoms with E-state index in [0.29, 0.717) is 26.4 Å². The van der Waals surface area contributed by atoms with E-state index in [1.165, 1.54) is 0 Å². The van der Waals surface area contributed by atoms with Gasteiger partial charge in [0.25, 0.3) is 0 Å². The molecule has 5 heteroatoms. The first-order valence-electron chi connectivity index (χ1n) is 12.5. The van der Waals surface area contributed by atoms with Crippen LogP contribution in [0, 0.1) is 10.8 Å². The van der Waals surface area contributed by atoms with Crippen LogP contribution in [0.2, 0.25) is 0 Å². The highest BCUT2D eigenvalue weighted by Crippen LogP contribution is 2.47. The second kappa shape index (κ2) is 11.6. The van der Waals surface area contributed by atoms with E-state index in [4.69, 9.17) is 23.7 Å². The van der Waals surface area contributed by atoms with Crippen LogP contribution < -0.4 is 0 Å². The summed E-state index contributed by atoms with van der Waals surface area (Å²) in [5.74, 6) is 0. The molecule has 0 radical (unpaired) electrons. The van der Waals surface area contributed by atoms with Gasteiger partial charge >= 0.3 is 0 Å². The van der Waals surface area contributed by atoms with Crippen LogP contribution in [-0.2, 0) is 23.7 Å². The quantitative estimate of drug-likeness (QED) is 0.227. The zero-order valence-electron chi connectivity index (χ0n) is 21.0. The Bertz CT molecular complexity index is 867. The fourth-order valence-electron chi connectivity index (χ4n) is 4.94. The van der Waals surface area contributed by atoms with Gasteiger partial charge in [0.2, 0.25) is 0 Å². The average molecular weight is 479 g/mol. The van der Waals surface area contributed by atoms with Crippen LogP contribution in [0.1, 0.15) is 61.2 Å². The molecule has 2 fully saturated rings. The highest BCUT2D eigenvalue weighted by atomic mass is 16.7. The minimum absolute atomic E-state index is 0.0368. The third-order valence-electron chi connectivity index (χ3n) is 7.66. The summed E-state index contributed by atoms with van der Waals surface area (Å²) >= 11 is 0. The molecular formula is C30H38O5. The molecule has 0 aliphatic carbocycles. The molecule has 2 heterocycles. The first kappa shape index (κ1) is 25.8. The Hall–Kier alpha value is -2.28. The average Bonchev–Trinajstić information content (AvgIpc) is 2.85.